The third-order valence-corrected chi connectivity index (χ3v) is 3.52. The second-order valence-corrected chi connectivity index (χ2v) is 5.37. The minimum atomic E-state index is -0.870. The lowest BCUT2D eigenvalue weighted by Gasteiger charge is -2.13. The Morgan fingerprint density at radius 1 is 1.42 bits per heavy atom. The molecule has 4 nitrogen and oxygen atoms in total. The van der Waals surface area contributed by atoms with E-state index in [4.69, 9.17) is 5.11 Å². The molecule has 0 radical (unpaired) electrons. The molecule has 0 aliphatic heterocycles. The summed E-state index contributed by atoms with van der Waals surface area (Å²) in [5.41, 5.74) is 1.57. The summed E-state index contributed by atoms with van der Waals surface area (Å²) in [7, 11) is 0. The van der Waals surface area contributed by atoms with Gasteiger partial charge in [0, 0.05) is 11.0 Å². The minimum Gasteiger partial charge on any atom is -0.481 e. The van der Waals surface area contributed by atoms with Crippen molar-refractivity contribution >= 4 is 27.8 Å². The van der Waals surface area contributed by atoms with Crippen LogP contribution < -0.4 is 5.32 Å². The Morgan fingerprint density at radius 2 is 2.11 bits per heavy atom. The van der Waals surface area contributed by atoms with E-state index < -0.39 is 11.9 Å². The van der Waals surface area contributed by atoms with Crippen LogP contribution in [0.25, 0.3) is 0 Å². The van der Waals surface area contributed by atoms with E-state index in [0.717, 1.165) is 12.0 Å². The summed E-state index contributed by atoms with van der Waals surface area (Å²) in [6.45, 7) is 4.02. The first-order valence-corrected chi connectivity index (χ1v) is 7.02. The maximum absolute atomic E-state index is 12.0. The molecule has 1 aromatic carbocycles. The molecule has 0 bridgehead atoms. The number of aliphatic carboxylic acids is 1. The molecule has 1 unspecified atom stereocenters. The third kappa shape index (κ3) is 4.67. The van der Waals surface area contributed by atoms with E-state index in [1.54, 1.807) is 6.07 Å². The van der Waals surface area contributed by atoms with Crippen molar-refractivity contribution in [3.05, 3.63) is 33.8 Å². The molecular formula is C14H18BrNO3. The number of benzene rings is 1. The van der Waals surface area contributed by atoms with Crippen LogP contribution in [0.4, 0.5) is 0 Å². The molecule has 1 atom stereocenters. The minimum absolute atomic E-state index is 0.155. The van der Waals surface area contributed by atoms with Crippen LogP contribution in [0.1, 0.15) is 35.7 Å². The Balaban J connectivity index is 2.66. The summed E-state index contributed by atoms with van der Waals surface area (Å²) in [5.74, 6) is -1.66. The Bertz CT molecular complexity index is 474. The summed E-state index contributed by atoms with van der Waals surface area (Å²) in [5, 5.41) is 11.7. The lowest BCUT2D eigenvalue weighted by atomic mass is 10.0. The lowest BCUT2D eigenvalue weighted by Crippen LogP contribution is -2.33. The number of carbonyl (C=O) groups excluding carboxylic acids is 1. The highest BCUT2D eigenvalue weighted by molar-refractivity contribution is 9.10. The molecule has 0 spiro atoms. The zero-order chi connectivity index (χ0) is 14.4. The van der Waals surface area contributed by atoms with Crippen molar-refractivity contribution in [3.63, 3.8) is 0 Å². The van der Waals surface area contributed by atoms with E-state index in [-0.39, 0.29) is 12.5 Å². The number of aryl methyl sites for hydroxylation is 1. The highest BCUT2D eigenvalue weighted by Crippen LogP contribution is 2.18. The third-order valence-electron chi connectivity index (χ3n) is 2.86. The van der Waals surface area contributed by atoms with Gasteiger partial charge in [-0.05, 0) is 47.0 Å². The van der Waals surface area contributed by atoms with E-state index in [2.05, 4.69) is 21.2 Å². The molecule has 0 aromatic heterocycles. The first kappa shape index (κ1) is 15.7. The van der Waals surface area contributed by atoms with Crippen molar-refractivity contribution in [3.8, 4) is 0 Å². The number of carbonyl (C=O) groups is 2. The monoisotopic (exact) mass is 327 g/mol. The molecule has 19 heavy (non-hydrogen) atoms. The van der Waals surface area contributed by atoms with Gasteiger partial charge in [-0.3, -0.25) is 9.59 Å². The number of carboxylic acids is 1. The van der Waals surface area contributed by atoms with Crippen molar-refractivity contribution in [1.29, 1.82) is 0 Å². The van der Waals surface area contributed by atoms with Gasteiger partial charge in [-0.2, -0.15) is 0 Å². The molecule has 0 heterocycles. The molecule has 0 aliphatic rings. The normalized spacial score (nSPS) is 11.9. The zero-order valence-electron chi connectivity index (χ0n) is 11.1. The van der Waals surface area contributed by atoms with Crippen molar-refractivity contribution in [2.45, 2.75) is 26.7 Å². The highest BCUT2D eigenvalue weighted by atomic mass is 79.9. The molecule has 0 saturated carbocycles. The van der Waals surface area contributed by atoms with Gasteiger partial charge in [0.2, 0.25) is 0 Å². The average Bonchev–Trinajstić information content (AvgIpc) is 2.33. The standard InChI is InChI=1S/C14H18BrNO3/c1-3-4-10(14(18)19)8-16-13(17)11-6-5-9(2)7-12(11)15/h5-7,10H,3-4,8H2,1-2H3,(H,16,17)(H,18,19). The van der Waals surface area contributed by atoms with E-state index in [1.807, 2.05) is 26.0 Å². The smallest absolute Gasteiger partial charge is 0.308 e. The summed E-state index contributed by atoms with van der Waals surface area (Å²) < 4.78 is 0.715. The summed E-state index contributed by atoms with van der Waals surface area (Å²) >= 11 is 3.34. The van der Waals surface area contributed by atoms with Gasteiger partial charge in [-0.1, -0.05) is 19.4 Å². The van der Waals surface area contributed by atoms with Crippen molar-refractivity contribution in [2.75, 3.05) is 6.54 Å². The number of amides is 1. The summed E-state index contributed by atoms with van der Waals surface area (Å²) in [6.07, 6.45) is 1.34. The van der Waals surface area contributed by atoms with Crippen molar-refractivity contribution < 1.29 is 14.7 Å². The maximum Gasteiger partial charge on any atom is 0.308 e. The predicted octanol–water partition coefficient (Wildman–Crippen LogP) is 2.99. The Kier molecular flexibility index (Phi) is 6.02. The van der Waals surface area contributed by atoms with Crippen LogP contribution in [-0.2, 0) is 4.79 Å². The summed E-state index contributed by atoms with van der Waals surface area (Å²) in [6, 6.07) is 5.43. The number of nitrogens with one attached hydrogen (secondary N) is 1. The maximum atomic E-state index is 12.0. The topological polar surface area (TPSA) is 66.4 Å². The van der Waals surface area contributed by atoms with Gasteiger partial charge in [0.05, 0.1) is 11.5 Å². The molecule has 1 amide bonds. The Hall–Kier alpha value is -1.36. The average molecular weight is 328 g/mol. The van der Waals surface area contributed by atoms with Gasteiger partial charge < -0.3 is 10.4 Å². The van der Waals surface area contributed by atoms with E-state index in [1.165, 1.54) is 0 Å². The number of carboxylic acid groups (broad SMARTS) is 1. The summed E-state index contributed by atoms with van der Waals surface area (Å²) in [4.78, 5) is 23.0. The Labute approximate surface area is 121 Å². The van der Waals surface area contributed by atoms with Gasteiger partial charge in [0.25, 0.3) is 5.91 Å². The van der Waals surface area contributed by atoms with E-state index in [9.17, 15) is 9.59 Å². The molecular weight excluding hydrogens is 310 g/mol. The molecule has 5 heteroatoms. The quantitative estimate of drug-likeness (QED) is 0.844. The fraction of sp³-hybridized carbons (Fsp3) is 0.429. The van der Waals surface area contributed by atoms with Crippen LogP contribution in [-0.4, -0.2) is 23.5 Å². The number of halogens is 1. The number of hydrogen-bond acceptors (Lipinski definition) is 2. The Morgan fingerprint density at radius 3 is 2.63 bits per heavy atom. The number of rotatable bonds is 6. The predicted molar refractivity (Wildman–Crippen MR) is 77.2 cm³/mol. The second kappa shape index (κ2) is 7.28. The molecule has 2 N–H and O–H groups in total. The molecule has 0 saturated heterocycles. The van der Waals surface area contributed by atoms with Crippen LogP contribution in [0.3, 0.4) is 0 Å². The molecule has 1 rings (SSSR count). The van der Waals surface area contributed by atoms with Gasteiger partial charge in [0.15, 0.2) is 0 Å². The van der Waals surface area contributed by atoms with Crippen LogP contribution >= 0.6 is 15.9 Å². The van der Waals surface area contributed by atoms with Gasteiger partial charge in [-0.25, -0.2) is 0 Å². The van der Waals surface area contributed by atoms with Gasteiger partial charge in [-0.15, -0.1) is 0 Å². The second-order valence-electron chi connectivity index (χ2n) is 4.52. The first-order valence-electron chi connectivity index (χ1n) is 6.22. The van der Waals surface area contributed by atoms with Crippen LogP contribution in [0.15, 0.2) is 22.7 Å². The van der Waals surface area contributed by atoms with Crippen LogP contribution in [0.2, 0.25) is 0 Å². The molecule has 0 aliphatic carbocycles. The molecule has 104 valence electrons. The molecule has 0 fully saturated rings. The lowest BCUT2D eigenvalue weighted by molar-refractivity contribution is -0.141. The van der Waals surface area contributed by atoms with Crippen molar-refractivity contribution in [1.82, 2.24) is 5.32 Å². The van der Waals surface area contributed by atoms with Gasteiger partial charge >= 0.3 is 5.97 Å². The van der Waals surface area contributed by atoms with Crippen LogP contribution in [0, 0.1) is 12.8 Å². The highest BCUT2D eigenvalue weighted by Gasteiger charge is 2.18. The largest absolute Gasteiger partial charge is 0.481 e. The van der Waals surface area contributed by atoms with Crippen LogP contribution in [0.5, 0.6) is 0 Å². The molecule has 1 aromatic rings. The first-order chi connectivity index (χ1) is 8.95. The SMILES string of the molecule is CCCC(CNC(=O)c1ccc(C)cc1Br)C(=O)O. The van der Waals surface area contributed by atoms with E-state index >= 15 is 0 Å². The zero-order valence-corrected chi connectivity index (χ0v) is 12.7. The number of hydrogen-bond donors (Lipinski definition) is 2. The van der Waals surface area contributed by atoms with Crippen molar-refractivity contribution in [2.24, 2.45) is 5.92 Å². The van der Waals surface area contributed by atoms with Gasteiger partial charge in [0.1, 0.15) is 0 Å². The fourth-order valence-electron chi connectivity index (χ4n) is 1.78. The van der Waals surface area contributed by atoms with E-state index in [0.29, 0.717) is 16.5 Å². The fourth-order valence-corrected chi connectivity index (χ4v) is 2.45.